The molecule has 0 heterocycles. The van der Waals surface area contributed by atoms with Gasteiger partial charge in [0.15, 0.2) is 11.5 Å². The second-order valence-corrected chi connectivity index (χ2v) is 7.74. The summed E-state index contributed by atoms with van der Waals surface area (Å²) in [6.07, 6.45) is 1.31. The van der Waals surface area contributed by atoms with Gasteiger partial charge in [0, 0.05) is 12.1 Å². The van der Waals surface area contributed by atoms with E-state index in [0.717, 1.165) is 0 Å². The topological polar surface area (TPSA) is 114 Å². The predicted octanol–water partition coefficient (Wildman–Crippen LogP) is 5.83. The van der Waals surface area contributed by atoms with Gasteiger partial charge < -0.3 is 14.8 Å². The highest BCUT2D eigenvalue weighted by Gasteiger charge is 2.16. The second-order valence-electron chi connectivity index (χ2n) is 7.33. The van der Waals surface area contributed by atoms with Crippen molar-refractivity contribution < 1.29 is 23.6 Å². The quantitative estimate of drug-likeness (QED) is 0.182. The van der Waals surface area contributed by atoms with E-state index in [9.17, 15) is 24.6 Å². The van der Waals surface area contributed by atoms with Gasteiger partial charge in [-0.15, -0.1) is 0 Å². The summed E-state index contributed by atoms with van der Waals surface area (Å²) < 4.78 is 24.2. The summed E-state index contributed by atoms with van der Waals surface area (Å²) in [5, 5.41) is 23.2. The molecule has 3 rings (SSSR count). The summed E-state index contributed by atoms with van der Waals surface area (Å²) in [6.45, 7) is 1.78. The molecule has 0 aliphatic rings. The zero-order chi connectivity index (χ0) is 25.5. The number of nitro groups is 1. The Bertz CT molecular complexity index is 1350. The number of carbonyl (C=O) groups is 1. The summed E-state index contributed by atoms with van der Waals surface area (Å²) in [4.78, 5) is 23.1. The minimum atomic E-state index is -0.747. The van der Waals surface area contributed by atoms with E-state index in [1.54, 1.807) is 19.1 Å². The molecule has 0 radical (unpaired) electrons. The average molecular weight is 496 g/mol. The molecule has 178 valence electrons. The molecule has 0 aromatic heterocycles. The van der Waals surface area contributed by atoms with Crippen LogP contribution in [0.4, 0.5) is 15.8 Å². The maximum Gasteiger partial charge on any atom is 0.271 e. The van der Waals surface area contributed by atoms with E-state index >= 15 is 0 Å². The van der Waals surface area contributed by atoms with Gasteiger partial charge in [-0.25, -0.2) is 4.39 Å². The molecule has 8 nitrogen and oxygen atoms in total. The number of ether oxygens (including phenoxy) is 2. The molecule has 1 amide bonds. The Morgan fingerprint density at radius 2 is 1.94 bits per heavy atom. The number of nitro benzene ring substituents is 1. The molecule has 0 aliphatic carbocycles. The van der Waals surface area contributed by atoms with Crippen LogP contribution in [0.5, 0.6) is 11.5 Å². The van der Waals surface area contributed by atoms with Gasteiger partial charge in [0.25, 0.3) is 11.6 Å². The van der Waals surface area contributed by atoms with Crippen molar-refractivity contribution in [1.82, 2.24) is 0 Å². The molecule has 0 saturated carbocycles. The van der Waals surface area contributed by atoms with E-state index in [1.165, 1.54) is 55.7 Å². The highest BCUT2D eigenvalue weighted by molar-refractivity contribution is 6.32. The SMILES string of the molecule is COc1cc(/C=C(\C#N)C(=O)Nc2cc([N+](=O)[O-])ccc2C)cc(Cl)c1OCc1ccc(F)cc1. The largest absolute Gasteiger partial charge is 0.493 e. The molecule has 10 heteroatoms. The number of amides is 1. The fourth-order valence-electron chi connectivity index (χ4n) is 3.06. The van der Waals surface area contributed by atoms with E-state index in [0.29, 0.717) is 16.7 Å². The Morgan fingerprint density at radius 1 is 1.23 bits per heavy atom. The predicted molar refractivity (Wildman–Crippen MR) is 129 cm³/mol. The van der Waals surface area contributed by atoms with Crippen LogP contribution in [-0.4, -0.2) is 17.9 Å². The zero-order valence-electron chi connectivity index (χ0n) is 18.7. The monoisotopic (exact) mass is 495 g/mol. The highest BCUT2D eigenvalue weighted by atomic mass is 35.5. The highest BCUT2D eigenvalue weighted by Crippen LogP contribution is 2.37. The summed E-state index contributed by atoms with van der Waals surface area (Å²) in [7, 11) is 1.41. The van der Waals surface area contributed by atoms with Gasteiger partial charge in [-0.2, -0.15) is 5.26 Å². The zero-order valence-corrected chi connectivity index (χ0v) is 19.4. The summed E-state index contributed by atoms with van der Waals surface area (Å²) >= 11 is 6.37. The maximum absolute atomic E-state index is 13.1. The number of nitriles is 1. The molecule has 0 atom stereocenters. The van der Waals surface area contributed by atoms with Crippen molar-refractivity contribution in [2.45, 2.75) is 13.5 Å². The molecule has 3 aromatic rings. The molecule has 1 N–H and O–H groups in total. The average Bonchev–Trinajstić information content (AvgIpc) is 2.83. The molecule has 0 fully saturated rings. The van der Waals surface area contributed by atoms with Crippen molar-refractivity contribution in [1.29, 1.82) is 5.26 Å². The lowest BCUT2D eigenvalue weighted by atomic mass is 10.1. The molecular weight excluding hydrogens is 477 g/mol. The number of hydrogen-bond donors (Lipinski definition) is 1. The van der Waals surface area contributed by atoms with Gasteiger partial charge in [-0.05, 0) is 54.0 Å². The third-order valence-electron chi connectivity index (χ3n) is 4.90. The Labute approximate surface area is 205 Å². The van der Waals surface area contributed by atoms with E-state index < -0.39 is 10.8 Å². The van der Waals surface area contributed by atoms with Crippen LogP contribution < -0.4 is 14.8 Å². The number of anilines is 1. The lowest BCUT2D eigenvalue weighted by Gasteiger charge is -2.14. The standard InChI is InChI=1S/C25H19ClFN3O5/c1-15-3-8-20(30(32)33)12-22(15)29-25(31)18(13-28)9-17-10-21(26)24(23(11-17)34-2)35-14-16-4-6-19(27)7-5-16/h3-12H,14H2,1-2H3,(H,29,31)/b18-9+. The van der Waals surface area contributed by atoms with E-state index in [1.807, 2.05) is 6.07 Å². The number of halogens is 2. The van der Waals surface area contributed by atoms with Crippen molar-refractivity contribution >= 4 is 35.0 Å². The molecular formula is C25H19ClFN3O5. The lowest BCUT2D eigenvalue weighted by molar-refractivity contribution is -0.384. The Balaban J connectivity index is 1.84. The van der Waals surface area contributed by atoms with Gasteiger partial charge in [-0.3, -0.25) is 14.9 Å². The first-order valence-corrected chi connectivity index (χ1v) is 10.5. The molecule has 3 aromatic carbocycles. The van der Waals surface area contributed by atoms with Gasteiger partial charge >= 0.3 is 0 Å². The summed E-state index contributed by atoms with van der Waals surface area (Å²) in [5.74, 6) is -0.606. The van der Waals surface area contributed by atoms with Crippen LogP contribution >= 0.6 is 11.6 Å². The number of carbonyl (C=O) groups excluding carboxylic acids is 1. The molecule has 0 unspecified atom stereocenters. The number of methoxy groups -OCH3 is 1. The number of aryl methyl sites for hydroxylation is 1. The smallest absolute Gasteiger partial charge is 0.271 e. The summed E-state index contributed by atoms with van der Waals surface area (Å²) in [5.41, 5.74) is 1.46. The first-order valence-electron chi connectivity index (χ1n) is 10.1. The van der Waals surface area contributed by atoms with Crippen LogP contribution in [0, 0.1) is 34.2 Å². The minimum absolute atomic E-state index is 0.111. The van der Waals surface area contributed by atoms with Gasteiger partial charge in [0.1, 0.15) is 24.1 Å². The Hall–Kier alpha value is -4.42. The first kappa shape index (κ1) is 25.2. The van der Waals surface area contributed by atoms with Crippen LogP contribution in [0.2, 0.25) is 5.02 Å². The van der Waals surface area contributed by atoms with Crippen molar-refractivity contribution in [3.05, 3.63) is 97.8 Å². The summed E-state index contributed by atoms with van der Waals surface area (Å²) in [6, 6.07) is 14.7. The second kappa shape index (κ2) is 11.1. The van der Waals surface area contributed by atoms with Crippen LogP contribution in [0.15, 0.2) is 60.2 Å². The molecule has 0 bridgehead atoms. The Kier molecular flexibility index (Phi) is 8.02. The third-order valence-corrected chi connectivity index (χ3v) is 5.19. The van der Waals surface area contributed by atoms with E-state index in [4.69, 9.17) is 21.1 Å². The number of hydrogen-bond acceptors (Lipinski definition) is 6. The van der Waals surface area contributed by atoms with Crippen molar-refractivity contribution in [3.8, 4) is 17.6 Å². The fraction of sp³-hybridized carbons (Fsp3) is 0.120. The van der Waals surface area contributed by atoms with Crippen LogP contribution in [0.25, 0.3) is 6.08 Å². The van der Waals surface area contributed by atoms with Crippen LogP contribution in [-0.2, 0) is 11.4 Å². The van der Waals surface area contributed by atoms with Crippen LogP contribution in [0.3, 0.4) is 0 Å². The lowest BCUT2D eigenvalue weighted by Crippen LogP contribution is -2.14. The van der Waals surface area contributed by atoms with Gasteiger partial charge in [0.2, 0.25) is 0 Å². The number of nitrogens with zero attached hydrogens (tertiary/aromatic N) is 2. The van der Waals surface area contributed by atoms with Crippen LogP contribution in [0.1, 0.15) is 16.7 Å². The fourth-order valence-corrected chi connectivity index (χ4v) is 3.34. The number of non-ortho nitro benzene ring substituents is 1. The molecule has 0 aliphatic heterocycles. The number of rotatable bonds is 8. The van der Waals surface area contributed by atoms with Gasteiger partial charge in [-0.1, -0.05) is 29.8 Å². The number of nitrogens with one attached hydrogen (secondary N) is 1. The van der Waals surface area contributed by atoms with Crippen molar-refractivity contribution in [2.24, 2.45) is 0 Å². The minimum Gasteiger partial charge on any atom is -0.493 e. The molecule has 0 spiro atoms. The van der Waals surface area contributed by atoms with E-state index in [-0.39, 0.29) is 45.9 Å². The van der Waals surface area contributed by atoms with Gasteiger partial charge in [0.05, 0.1) is 22.7 Å². The van der Waals surface area contributed by atoms with E-state index in [2.05, 4.69) is 5.32 Å². The first-order chi connectivity index (χ1) is 16.7. The molecule has 0 saturated heterocycles. The third kappa shape index (κ3) is 6.34. The number of benzene rings is 3. The van der Waals surface area contributed by atoms with Crippen molar-refractivity contribution in [2.75, 3.05) is 12.4 Å². The molecule has 35 heavy (non-hydrogen) atoms. The Morgan fingerprint density at radius 3 is 2.57 bits per heavy atom. The van der Waals surface area contributed by atoms with Crippen molar-refractivity contribution in [3.63, 3.8) is 0 Å². The maximum atomic E-state index is 13.1. The normalized spacial score (nSPS) is 10.9.